The lowest BCUT2D eigenvalue weighted by molar-refractivity contribution is -0.870. The first-order valence-electron chi connectivity index (χ1n) is 21.6. The van der Waals surface area contributed by atoms with E-state index in [0.717, 1.165) is 109 Å². The summed E-state index contributed by atoms with van der Waals surface area (Å²) in [5, 5.41) is 0. The van der Waals surface area contributed by atoms with Gasteiger partial charge in [0.2, 0.25) is 0 Å². The predicted octanol–water partition coefficient (Wildman–Crippen LogP) is 12.2. The van der Waals surface area contributed by atoms with Gasteiger partial charge in [0, 0.05) is 13.0 Å². The lowest BCUT2D eigenvalue weighted by Crippen LogP contribution is -2.37. The van der Waals surface area contributed by atoms with Crippen LogP contribution in [-0.2, 0) is 27.9 Å². The van der Waals surface area contributed by atoms with Gasteiger partial charge in [0.25, 0.3) is 7.82 Å². The number of hydrogen-bond acceptors (Lipinski definition) is 7. The average molecular weight is 814 g/mol. The number of rotatable bonds is 38. The number of carbonyl (C=O) groups excluding carboxylic acids is 1. The maximum atomic E-state index is 12.7. The molecule has 0 aromatic rings. The monoisotopic (exact) mass is 814 g/mol. The van der Waals surface area contributed by atoms with E-state index in [-0.39, 0.29) is 32.2 Å². The summed E-state index contributed by atoms with van der Waals surface area (Å²) < 4.78 is 34.5. The van der Waals surface area contributed by atoms with E-state index in [0.29, 0.717) is 17.6 Å². The van der Waals surface area contributed by atoms with Crippen molar-refractivity contribution < 1.29 is 37.3 Å². The first kappa shape index (κ1) is 54.2. The third-order valence-electron chi connectivity index (χ3n) is 8.32. The highest BCUT2D eigenvalue weighted by Crippen LogP contribution is 2.38. The molecule has 0 spiro atoms. The van der Waals surface area contributed by atoms with Gasteiger partial charge in [-0.1, -0.05) is 142 Å². The molecule has 57 heavy (non-hydrogen) atoms. The summed E-state index contributed by atoms with van der Waals surface area (Å²) in [6.45, 7) is 4.96. The Hall–Kier alpha value is -2.84. The van der Waals surface area contributed by atoms with Crippen LogP contribution in [0.25, 0.3) is 0 Å². The van der Waals surface area contributed by atoms with Gasteiger partial charge in [0.1, 0.15) is 19.3 Å². The molecule has 0 amide bonds. The zero-order valence-electron chi connectivity index (χ0n) is 36.5. The summed E-state index contributed by atoms with van der Waals surface area (Å²) in [4.78, 5) is 25.0. The van der Waals surface area contributed by atoms with Crippen LogP contribution in [0.3, 0.4) is 0 Å². The van der Waals surface area contributed by atoms with Crippen molar-refractivity contribution in [3.63, 3.8) is 0 Å². The van der Waals surface area contributed by atoms with Gasteiger partial charge >= 0.3 is 5.97 Å². The number of phosphoric ester groups is 1. The average Bonchev–Trinajstić information content (AvgIpc) is 3.16. The van der Waals surface area contributed by atoms with Crippen molar-refractivity contribution in [2.24, 2.45) is 0 Å². The van der Waals surface area contributed by atoms with Crippen LogP contribution in [0.4, 0.5) is 0 Å². The third-order valence-corrected chi connectivity index (χ3v) is 9.28. The van der Waals surface area contributed by atoms with Crippen LogP contribution in [0, 0.1) is 0 Å². The number of hydrogen-bond donors (Lipinski definition) is 0. The SMILES string of the molecule is CC/C=C\C/C=C\C/C=C\C/C=C\C/C=C\C/C=C\CCCOCC(COP(=O)([O-])OCC[N+](C)(C)C)OC(=O)CCCCCCC/C=C\C/C=C\C/C=C\CC. The molecule has 0 heterocycles. The smallest absolute Gasteiger partial charge is 0.306 e. The van der Waals surface area contributed by atoms with E-state index < -0.39 is 13.9 Å². The lowest BCUT2D eigenvalue weighted by Gasteiger charge is -2.28. The predicted molar refractivity (Wildman–Crippen MR) is 240 cm³/mol. The zero-order valence-corrected chi connectivity index (χ0v) is 37.4. The Morgan fingerprint density at radius 3 is 1.44 bits per heavy atom. The molecule has 0 aromatic carbocycles. The van der Waals surface area contributed by atoms with Crippen molar-refractivity contribution in [2.45, 2.75) is 136 Å². The van der Waals surface area contributed by atoms with Crippen LogP contribution in [0.1, 0.15) is 129 Å². The van der Waals surface area contributed by atoms with Gasteiger partial charge in [-0.15, -0.1) is 0 Å². The first-order valence-corrected chi connectivity index (χ1v) is 23.1. The fraction of sp³-hybridized carbons (Fsp3) is 0.604. The van der Waals surface area contributed by atoms with Crippen molar-refractivity contribution in [2.75, 3.05) is 54.1 Å². The highest BCUT2D eigenvalue weighted by atomic mass is 31.2. The molecule has 0 aliphatic heterocycles. The van der Waals surface area contributed by atoms with E-state index in [1.54, 1.807) is 0 Å². The largest absolute Gasteiger partial charge is 0.756 e. The fourth-order valence-electron chi connectivity index (χ4n) is 5.05. The number of ether oxygens (including phenoxy) is 2. The maximum Gasteiger partial charge on any atom is 0.306 e. The molecule has 8 nitrogen and oxygen atoms in total. The normalized spacial score (nSPS) is 14.8. The third kappa shape index (κ3) is 44.1. The van der Waals surface area contributed by atoms with Crippen molar-refractivity contribution in [1.82, 2.24) is 0 Å². The topological polar surface area (TPSA) is 94.1 Å². The van der Waals surface area contributed by atoms with Crippen LogP contribution in [0.15, 0.2) is 109 Å². The number of esters is 1. The summed E-state index contributed by atoms with van der Waals surface area (Å²) in [5.41, 5.74) is 0. The Morgan fingerprint density at radius 1 is 0.544 bits per heavy atom. The summed E-state index contributed by atoms with van der Waals surface area (Å²) in [5.74, 6) is -0.377. The molecule has 0 radical (unpaired) electrons. The quantitative estimate of drug-likeness (QED) is 0.0201. The van der Waals surface area contributed by atoms with E-state index in [4.69, 9.17) is 18.5 Å². The standard InChI is InChI=1S/C48H80NO7P/c1-6-8-10-12-14-16-18-20-22-23-24-25-26-28-30-32-34-36-38-40-43-53-45-47(46-55-57(51,52)54-44-42-49(3,4)5)56-48(50)41-39-37-35-33-31-29-27-21-19-17-15-13-11-9-7-2/h8-11,14-17,20-22,24-25,27-28,30,34,36,47H,6-7,12-13,18-19,23,26,29,31-33,35,37-46H2,1-5H3/b10-8-,11-9-,16-14-,17-15-,22-20-,25-24-,27-21-,30-28-,36-34-. The summed E-state index contributed by atoms with van der Waals surface area (Å²) in [7, 11) is 1.28. The van der Waals surface area contributed by atoms with Gasteiger partial charge < -0.3 is 27.9 Å². The van der Waals surface area contributed by atoms with E-state index >= 15 is 0 Å². The number of phosphoric acid groups is 1. The molecule has 0 fully saturated rings. The van der Waals surface area contributed by atoms with E-state index in [9.17, 15) is 14.3 Å². The van der Waals surface area contributed by atoms with Gasteiger partial charge in [-0.05, 0) is 89.9 Å². The molecular weight excluding hydrogens is 734 g/mol. The first-order chi connectivity index (χ1) is 27.6. The maximum absolute atomic E-state index is 12.7. The van der Waals surface area contributed by atoms with Gasteiger partial charge in [-0.2, -0.15) is 0 Å². The molecule has 0 aliphatic carbocycles. The number of unbranched alkanes of at least 4 members (excludes halogenated alkanes) is 6. The van der Waals surface area contributed by atoms with Crippen molar-refractivity contribution in [1.29, 1.82) is 0 Å². The molecule has 0 aromatic heterocycles. The van der Waals surface area contributed by atoms with Crippen LogP contribution < -0.4 is 4.89 Å². The second-order valence-corrected chi connectivity index (χ2v) is 16.3. The molecule has 0 rings (SSSR count). The Balaban J connectivity index is 4.41. The number of allylic oxidation sites excluding steroid dienone is 18. The molecule has 0 saturated carbocycles. The number of quaternary nitrogens is 1. The van der Waals surface area contributed by atoms with Crippen molar-refractivity contribution >= 4 is 13.8 Å². The van der Waals surface area contributed by atoms with Crippen LogP contribution in [0.5, 0.6) is 0 Å². The number of likely N-dealkylation sites (N-methyl/N-ethyl adjacent to an activating group) is 1. The van der Waals surface area contributed by atoms with E-state index in [2.05, 4.69) is 123 Å². The Labute approximate surface area is 349 Å². The highest BCUT2D eigenvalue weighted by molar-refractivity contribution is 7.45. The fourth-order valence-corrected chi connectivity index (χ4v) is 5.77. The molecule has 0 aliphatic rings. The second kappa shape index (κ2) is 40.0. The summed E-state index contributed by atoms with van der Waals surface area (Å²) in [6.07, 6.45) is 55.5. The van der Waals surface area contributed by atoms with Crippen molar-refractivity contribution in [3.05, 3.63) is 109 Å². The zero-order chi connectivity index (χ0) is 42.0. The van der Waals surface area contributed by atoms with Crippen molar-refractivity contribution in [3.8, 4) is 0 Å². The van der Waals surface area contributed by atoms with Gasteiger partial charge in [0.05, 0.1) is 34.4 Å². The molecule has 0 saturated heterocycles. The van der Waals surface area contributed by atoms with Gasteiger partial charge in [-0.25, -0.2) is 0 Å². The lowest BCUT2D eigenvalue weighted by atomic mass is 10.1. The molecule has 9 heteroatoms. The summed E-state index contributed by atoms with van der Waals surface area (Å²) >= 11 is 0. The minimum atomic E-state index is -4.55. The minimum Gasteiger partial charge on any atom is -0.756 e. The van der Waals surface area contributed by atoms with E-state index in [1.807, 2.05) is 21.1 Å². The van der Waals surface area contributed by atoms with Gasteiger partial charge in [-0.3, -0.25) is 9.36 Å². The second-order valence-electron chi connectivity index (χ2n) is 14.9. The van der Waals surface area contributed by atoms with Gasteiger partial charge in [0.15, 0.2) is 0 Å². The molecule has 0 bridgehead atoms. The Morgan fingerprint density at radius 2 is 0.965 bits per heavy atom. The van der Waals surface area contributed by atoms with Crippen LogP contribution in [-0.4, -0.2) is 70.7 Å². The Kier molecular flexibility index (Phi) is 38.0. The van der Waals surface area contributed by atoms with Crippen LogP contribution >= 0.6 is 7.82 Å². The molecule has 2 unspecified atom stereocenters. The van der Waals surface area contributed by atoms with Crippen LogP contribution in [0.2, 0.25) is 0 Å². The minimum absolute atomic E-state index is 0.00462. The number of nitrogens with zero attached hydrogens (tertiary/aromatic N) is 1. The number of carbonyl (C=O) groups is 1. The van der Waals surface area contributed by atoms with E-state index in [1.165, 1.54) is 0 Å². The molecule has 324 valence electrons. The summed E-state index contributed by atoms with van der Waals surface area (Å²) in [6, 6.07) is 0. The Bertz CT molecular complexity index is 1270. The highest BCUT2D eigenvalue weighted by Gasteiger charge is 2.20. The molecule has 2 atom stereocenters. The molecule has 0 N–H and O–H groups in total. The molecular formula is C48H80NO7P.